The van der Waals surface area contributed by atoms with Crippen LogP contribution in [0.25, 0.3) is 11.1 Å². The van der Waals surface area contributed by atoms with E-state index in [2.05, 4.69) is 75.5 Å². The minimum absolute atomic E-state index is 0.124. The zero-order valence-corrected chi connectivity index (χ0v) is 13.9. The third-order valence-electron chi connectivity index (χ3n) is 3.48. The van der Waals surface area contributed by atoms with Gasteiger partial charge < -0.3 is 5.32 Å². The molecule has 0 amide bonds. The summed E-state index contributed by atoms with van der Waals surface area (Å²) in [7, 11) is 0. The fraction of sp³-hybridized carbons (Fsp3) is 0.500. The average Bonchev–Trinajstić information content (AvgIpc) is 2.86. The van der Waals surface area contributed by atoms with Crippen LogP contribution in [-0.4, -0.2) is 15.3 Å². The minimum Gasteiger partial charge on any atom is -0.306 e. The van der Waals surface area contributed by atoms with Crippen LogP contribution in [0, 0.1) is 0 Å². The van der Waals surface area contributed by atoms with Gasteiger partial charge in [-0.2, -0.15) is 5.10 Å². The highest BCUT2D eigenvalue weighted by Gasteiger charge is 2.14. The van der Waals surface area contributed by atoms with Gasteiger partial charge in [0.2, 0.25) is 0 Å². The van der Waals surface area contributed by atoms with E-state index in [0.29, 0.717) is 6.04 Å². The molecule has 3 nitrogen and oxygen atoms in total. The molecule has 1 atom stereocenters. The van der Waals surface area contributed by atoms with Gasteiger partial charge in [-0.1, -0.05) is 31.2 Å². The molecule has 1 aromatic heterocycles. The first-order valence-corrected chi connectivity index (χ1v) is 7.79. The largest absolute Gasteiger partial charge is 0.306 e. The second kappa shape index (κ2) is 6.44. The van der Waals surface area contributed by atoms with E-state index >= 15 is 0 Å². The molecule has 0 bridgehead atoms. The fourth-order valence-electron chi connectivity index (χ4n) is 2.56. The maximum atomic E-state index is 4.39. The van der Waals surface area contributed by atoms with E-state index in [1.54, 1.807) is 0 Å². The van der Waals surface area contributed by atoms with Crippen LogP contribution < -0.4 is 5.32 Å². The van der Waals surface area contributed by atoms with Crippen molar-refractivity contribution in [2.75, 3.05) is 0 Å². The van der Waals surface area contributed by atoms with Crippen molar-refractivity contribution in [1.82, 2.24) is 15.1 Å². The molecule has 0 saturated heterocycles. The number of hydrogen-bond donors (Lipinski definition) is 1. The molecule has 0 aliphatic heterocycles. The van der Waals surface area contributed by atoms with Crippen molar-refractivity contribution in [1.29, 1.82) is 0 Å². The van der Waals surface area contributed by atoms with Crippen LogP contribution >= 0.6 is 0 Å². The molecule has 2 aromatic rings. The Hall–Kier alpha value is -1.61. The van der Waals surface area contributed by atoms with Gasteiger partial charge in [0.15, 0.2) is 0 Å². The van der Waals surface area contributed by atoms with Gasteiger partial charge in [-0.25, -0.2) is 0 Å². The number of benzene rings is 1. The van der Waals surface area contributed by atoms with Gasteiger partial charge >= 0.3 is 0 Å². The topological polar surface area (TPSA) is 29.9 Å². The van der Waals surface area contributed by atoms with Crippen LogP contribution in [0.3, 0.4) is 0 Å². The SMILES string of the molecule is CCCn1cc(-c2ccc([C@H](C)NC(C)(C)C)cc2)cn1. The van der Waals surface area contributed by atoms with E-state index < -0.39 is 0 Å². The first kappa shape index (κ1) is 15.8. The van der Waals surface area contributed by atoms with Gasteiger partial charge in [-0.05, 0) is 45.2 Å². The second-order valence-electron chi connectivity index (χ2n) is 6.73. The molecule has 0 aliphatic rings. The Morgan fingerprint density at radius 1 is 1.14 bits per heavy atom. The van der Waals surface area contributed by atoms with Crippen molar-refractivity contribution >= 4 is 0 Å². The van der Waals surface area contributed by atoms with Crippen molar-refractivity contribution in [3.05, 3.63) is 42.2 Å². The second-order valence-corrected chi connectivity index (χ2v) is 6.73. The van der Waals surface area contributed by atoms with Crippen molar-refractivity contribution in [2.24, 2.45) is 0 Å². The molecule has 0 saturated carbocycles. The average molecular weight is 285 g/mol. The molecular weight excluding hydrogens is 258 g/mol. The van der Waals surface area contributed by atoms with Crippen LogP contribution in [0.4, 0.5) is 0 Å². The van der Waals surface area contributed by atoms with Gasteiger partial charge in [0.1, 0.15) is 0 Å². The van der Waals surface area contributed by atoms with E-state index in [1.165, 1.54) is 16.7 Å². The summed E-state index contributed by atoms with van der Waals surface area (Å²) in [5.41, 5.74) is 3.85. The zero-order chi connectivity index (χ0) is 15.5. The van der Waals surface area contributed by atoms with Crippen LogP contribution in [0.5, 0.6) is 0 Å². The van der Waals surface area contributed by atoms with Gasteiger partial charge in [-0.15, -0.1) is 0 Å². The number of rotatable bonds is 5. The summed E-state index contributed by atoms with van der Waals surface area (Å²) in [5.74, 6) is 0. The molecule has 0 radical (unpaired) electrons. The Morgan fingerprint density at radius 2 is 1.81 bits per heavy atom. The summed E-state index contributed by atoms with van der Waals surface area (Å²) in [6.45, 7) is 11.9. The Balaban J connectivity index is 2.10. The van der Waals surface area contributed by atoms with E-state index in [0.717, 1.165) is 13.0 Å². The van der Waals surface area contributed by atoms with Crippen LogP contribution in [-0.2, 0) is 6.54 Å². The van der Waals surface area contributed by atoms with E-state index in [9.17, 15) is 0 Å². The van der Waals surface area contributed by atoms with Crippen molar-refractivity contribution in [2.45, 2.75) is 59.2 Å². The standard InChI is InChI=1S/C18H27N3/c1-6-11-21-13-17(12-19-21)16-9-7-15(8-10-16)14(2)20-18(3,4)5/h7-10,12-14,20H,6,11H2,1-5H3/t14-/m0/s1. The number of hydrogen-bond acceptors (Lipinski definition) is 2. The summed E-state index contributed by atoms with van der Waals surface area (Å²) in [5, 5.41) is 7.99. The molecule has 1 N–H and O–H groups in total. The molecule has 1 heterocycles. The van der Waals surface area contributed by atoms with E-state index in [-0.39, 0.29) is 5.54 Å². The van der Waals surface area contributed by atoms with Crippen molar-refractivity contribution in [3.63, 3.8) is 0 Å². The smallest absolute Gasteiger partial charge is 0.0568 e. The molecule has 114 valence electrons. The normalized spacial score (nSPS) is 13.4. The molecule has 3 heteroatoms. The number of nitrogens with one attached hydrogen (secondary N) is 1. The predicted molar refractivity (Wildman–Crippen MR) is 89.3 cm³/mol. The van der Waals surface area contributed by atoms with E-state index in [1.807, 2.05) is 10.9 Å². The Labute approximate surface area is 128 Å². The van der Waals surface area contributed by atoms with Gasteiger partial charge in [0.05, 0.1) is 6.20 Å². The fourth-order valence-corrected chi connectivity index (χ4v) is 2.56. The maximum absolute atomic E-state index is 4.39. The summed E-state index contributed by atoms with van der Waals surface area (Å²) < 4.78 is 2.01. The number of aromatic nitrogens is 2. The maximum Gasteiger partial charge on any atom is 0.0568 e. The van der Waals surface area contributed by atoms with Gasteiger partial charge in [-0.3, -0.25) is 4.68 Å². The van der Waals surface area contributed by atoms with Crippen LogP contribution in [0.2, 0.25) is 0 Å². The molecular formula is C18H27N3. The first-order chi connectivity index (χ1) is 9.89. The molecule has 2 rings (SSSR count). The van der Waals surface area contributed by atoms with Gasteiger partial charge in [0, 0.05) is 29.9 Å². The van der Waals surface area contributed by atoms with Crippen molar-refractivity contribution < 1.29 is 0 Å². The van der Waals surface area contributed by atoms with Crippen LogP contribution in [0.1, 0.15) is 52.6 Å². The molecule has 0 spiro atoms. The summed E-state index contributed by atoms with van der Waals surface area (Å²) in [6.07, 6.45) is 5.17. The highest BCUT2D eigenvalue weighted by Crippen LogP contribution is 2.22. The summed E-state index contributed by atoms with van der Waals surface area (Å²) >= 11 is 0. The third kappa shape index (κ3) is 4.43. The van der Waals surface area contributed by atoms with Crippen molar-refractivity contribution in [3.8, 4) is 11.1 Å². The summed E-state index contributed by atoms with van der Waals surface area (Å²) in [4.78, 5) is 0. The highest BCUT2D eigenvalue weighted by molar-refractivity contribution is 5.62. The quantitative estimate of drug-likeness (QED) is 0.882. The first-order valence-electron chi connectivity index (χ1n) is 7.79. The molecule has 0 fully saturated rings. The Kier molecular flexibility index (Phi) is 4.84. The molecule has 0 aliphatic carbocycles. The molecule has 1 aromatic carbocycles. The highest BCUT2D eigenvalue weighted by atomic mass is 15.3. The number of aryl methyl sites for hydroxylation is 1. The molecule has 0 unspecified atom stereocenters. The zero-order valence-electron chi connectivity index (χ0n) is 13.9. The monoisotopic (exact) mass is 285 g/mol. The van der Waals surface area contributed by atoms with E-state index in [4.69, 9.17) is 0 Å². The lowest BCUT2D eigenvalue weighted by atomic mass is 10.0. The lowest BCUT2D eigenvalue weighted by Crippen LogP contribution is -2.37. The lowest BCUT2D eigenvalue weighted by molar-refractivity contribution is 0.378. The molecule has 21 heavy (non-hydrogen) atoms. The van der Waals surface area contributed by atoms with Crippen LogP contribution in [0.15, 0.2) is 36.7 Å². The predicted octanol–water partition coefficient (Wildman–Crippen LogP) is 4.41. The lowest BCUT2D eigenvalue weighted by Gasteiger charge is -2.26. The minimum atomic E-state index is 0.124. The Morgan fingerprint density at radius 3 is 2.38 bits per heavy atom. The summed E-state index contributed by atoms with van der Waals surface area (Å²) in [6, 6.07) is 9.13. The van der Waals surface area contributed by atoms with Gasteiger partial charge in [0.25, 0.3) is 0 Å². The Bertz CT molecular complexity index is 561. The number of nitrogens with zero attached hydrogens (tertiary/aromatic N) is 2. The third-order valence-corrected chi connectivity index (χ3v) is 3.48.